The number of hydrogen-bond acceptors (Lipinski definition) is 6. The van der Waals surface area contributed by atoms with Crippen LogP contribution in [0.25, 0.3) is 0 Å². The number of aliphatic hydroxyl groups excluding tert-OH is 1. The maximum absolute atomic E-state index is 13.9. The topological polar surface area (TPSA) is 86.5 Å². The molecule has 1 fully saturated rings. The van der Waals surface area contributed by atoms with Gasteiger partial charge in [-0.15, -0.1) is 5.10 Å². The van der Waals surface area contributed by atoms with E-state index in [9.17, 15) is 14.3 Å². The number of ether oxygens (including phenoxy) is 2. The molecule has 0 spiro atoms. The van der Waals surface area contributed by atoms with E-state index in [1.165, 1.54) is 12.4 Å². The van der Waals surface area contributed by atoms with Crippen molar-refractivity contribution in [1.82, 2.24) is 15.0 Å². The highest BCUT2D eigenvalue weighted by Crippen LogP contribution is 2.26. The largest absolute Gasteiger partial charge is 0.385 e. The van der Waals surface area contributed by atoms with E-state index in [-0.39, 0.29) is 6.61 Å². The average Bonchev–Trinajstić information content (AvgIpc) is 2.84. The molecule has 1 aromatic rings. The van der Waals surface area contributed by atoms with Crippen LogP contribution in [0.2, 0.25) is 0 Å². The lowest BCUT2D eigenvalue weighted by atomic mass is 10.1. The Morgan fingerprint density at radius 3 is 3.00 bits per heavy atom. The van der Waals surface area contributed by atoms with Crippen LogP contribution in [0.4, 0.5) is 4.39 Å². The van der Waals surface area contributed by atoms with Crippen molar-refractivity contribution in [3.8, 4) is 0 Å². The number of halogens is 1. The zero-order valence-corrected chi connectivity index (χ0v) is 9.99. The Kier molecular flexibility index (Phi) is 3.42. The summed E-state index contributed by atoms with van der Waals surface area (Å²) >= 11 is 0. The predicted molar refractivity (Wildman–Crippen MR) is 56.1 cm³/mol. The summed E-state index contributed by atoms with van der Waals surface area (Å²) in [5.41, 5.74) is 0. The van der Waals surface area contributed by atoms with Crippen molar-refractivity contribution in [2.45, 2.75) is 38.1 Å². The average molecular weight is 259 g/mol. The number of alkyl halides is 1. The molecule has 1 aromatic heterocycles. The summed E-state index contributed by atoms with van der Waals surface area (Å²) in [6, 6.07) is 0. The summed E-state index contributed by atoms with van der Waals surface area (Å²) in [6.07, 6.45) is -2.33. The number of aliphatic hydroxyl groups is 1. The van der Waals surface area contributed by atoms with Gasteiger partial charge in [-0.3, -0.25) is 4.79 Å². The van der Waals surface area contributed by atoms with Crippen molar-refractivity contribution in [2.75, 3.05) is 6.61 Å². The number of hydrogen-bond donors (Lipinski definition) is 1. The van der Waals surface area contributed by atoms with Gasteiger partial charge in [-0.1, -0.05) is 5.21 Å². The van der Waals surface area contributed by atoms with Crippen LogP contribution < -0.4 is 0 Å². The highest BCUT2D eigenvalue weighted by atomic mass is 19.1. The molecule has 1 saturated heterocycles. The van der Waals surface area contributed by atoms with Crippen molar-refractivity contribution >= 4 is 5.78 Å². The monoisotopic (exact) mass is 259 g/mol. The van der Waals surface area contributed by atoms with Gasteiger partial charge in [-0.25, -0.2) is 9.07 Å². The Bertz CT molecular complexity index is 423. The molecule has 1 aliphatic rings. The molecule has 18 heavy (non-hydrogen) atoms. The molecular weight excluding hydrogens is 245 g/mol. The maximum Gasteiger partial charge on any atom is 0.221 e. The SMILES string of the molecule is CC1(C)OCC(=O)[C@H]([C@@H](O)C(F)n2ccnn2)O1. The summed E-state index contributed by atoms with van der Waals surface area (Å²) in [7, 11) is 0. The zero-order valence-electron chi connectivity index (χ0n) is 9.99. The third-order valence-electron chi connectivity index (χ3n) is 2.58. The van der Waals surface area contributed by atoms with Gasteiger partial charge in [-0.2, -0.15) is 0 Å². The van der Waals surface area contributed by atoms with Crippen LogP contribution in [0.5, 0.6) is 0 Å². The summed E-state index contributed by atoms with van der Waals surface area (Å²) < 4.78 is 25.1. The molecule has 0 amide bonds. The third kappa shape index (κ3) is 2.55. The Hall–Kier alpha value is -1.38. The molecule has 2 heterocycles. The fourth-order valence-electron chi connectivity index (χ4n) is 1.64. The van der Waals surface area contributed by atoms with Gasteiger partial charge in [0.25, 0.3) is 0 Å². The standard InChI is InChI=1S/C10H14FN3O4/c1-10(2)17-5-6(15)8(18-10)7(16)9(11)14-4-3-12-13-14/h3-4,7-9,16H,5H2,1-2H3/t7-,8-,9?/m1/s1. The van der Waals surface area contributed by atoms with E-state index in [1.807, 2.05) is 0 Å². The number of rotatable bonds is 3. The molecule has 0 bridgehead atoms. The van der Waals surface area contributed by atoms with Crippen LogP contribution in [0.15, 0.2) is 12.4 Å². The minimum atomic E-state index is -1.91. The van der Waals surface area contributed by atoms with Gasteiger partial charge in [-0.05, 0) is 13.8 Å². The lowest BCUT2D eigenvalue weighted by Crippen LogP contribution is -2.52. The number of ketones is 1. The summed E-state index contributed by atoms with van der Waals surface area (Å²) in [4.78, 5) is 11.6. The van der Waals surface area contributed by atoms with Crippen LogP contribution in [-0.2, 0) is 14.3 Å². The first-order chi connectivity index (χ1) is 8.41. The van der Waals surface area contributed by atoms with E-state index < -0.39 is 30.1 Å². The number of Topliss-reactive ketones (excluding diaryl/α,β-unsaturated/α-hetero) is 1. The number of carbonyl (C=O) groups excluding carboxylic acids is 1. The minimum absolute atomic E-state index is 0.223. The van der Waals surface area contributed by atoms with Gasteiger partial charge in [0.05, 0.1) is 6.20 Å². The molecule has 7 nitrogen and oxygen atoms in total. The van der Waals surface area contributed by atoms with E-state index >= 15 is 0 Å². The van der Waals surface area contributed by atoms with Gasteiger partial charge >= 0.3 is 0 Å². The molecule has 0 aliphatic carbocycles. The van der Waals surface area contributed by atoms with Gasteiger partial charge in [0.15, 0.2) is 17.7 Å². The van der Waals surface area contributed by atoms with Crippen molar-refractivity contribution in [2.24, 2.45) is 0 Å². The zero-order chi connectivity index (χ0) is 13.3. The van der Waals surface area contributed by atoms with E-state index in [0.717, 1.165) is 4.68 Å². The molecule has 1 unspecified atom stereocenters. The maximum atomic E-state index is 13.9. The van der Waals surface area contributed by atoms with E-state index in [4.69, 9.17) is 9.47 Å². The van der Waals surface area contributed by atoms with Crippen molar-refractivity contribution < 1.29 is 23.8 Å². The van der Waals surface area contributed by atoms with Crippen molar-refractivity contribution in [3.63, 3.8) is 0 Å². The van der Waals surface area contributed by atoms with Crippen LogP contribution >= 0.6 is 0 Å². The lowest BCUT2D eigenvalue weighted by molar-refractivity contribution is -0.276. The lowest BCUT2D eigenvalue weighted by Gasteiger charge is -2.37. The first-order valence-corrected chi connectivity index (χ1v) is 5.43. The van der Waals surface area contributed by atoms with Crippen LogP contribution in [0, 0.1) is 0 Å². The number of aromatic nitrogens is 3. The second-order valence-corrected chi connectivity index (χ2v) is 4.44. The number of carbonyl (C=O) groups is 1. The second kappa shape index (κ2) is 4.71. The summed E-state index contributed by atoms with van der Waals surface area (Å²) in [6.45, 7) is 2.95. The molecule has 0 aromatic carbocycles. The fraction of sp³-hybridized carbons (Fsp3) is 0.700. The third-order valence-corrected chi connectivity index (χ3v) is 2.58. The Morgan fingerprint density at radius 2 is 2.39 bits per heavy atom. The smallest absolute Gasteiger partial charge is 0.221 e. The second-order valence-electron chi connectivity index (χ2n) is 4.44. The first-order valence-electron chi connectivity index (χ1n) is 5.43. The van der Waals surface area contributed by atoms with Crippen LogP contribution in [0.1, 0.15) is 20.1 Å². The Labute approximate surface area is 102 Å². The van der Waals surface area contributed by atoms with Gasteiger partial charge in [0.1, 0.15) is 12.7 Å². The molecule has 0 radical (unpaired) electrons. The van der Waals surface area contributed by atoms with Crippen molar-refractivity contribution in [3.05, 3.63) is 12.4 Å². The Balaban J connectivity index is 2.12. The van der Waals surface area contributed by atoms with Gasteiger partial charge in [0.2, 0.25) is 6.30 Å². The molecule has 1 aliphatic heterocycles. The normalized spacial score (nSPS) is 26.9. The molecule has 1 N–H and O–H groups in total. The van der Waals surface area contributed by atoms with Gasteiger partial charge < -0.3 is 14.6 Å². The predicted octanol–water partition coefficient (Wildman–Crippen LogP) is -0.172. The van der Waals surface area contributed by atoms with Gasteiger partial charge in [0, 0.05) is 6.20 Å². The molecule has 8 heteroatoms. The van der Waals surface area contributed by atoms with E-state index in [1.54, 1.807) is 13.8 Å². The fourth-order valence-corrected chi connectivity index (χ4v) is 1.64. The minimum Gasteiger partial charge on any atom is -0.385 e. The van der Waals surface area contributed by atoms with Crippen LogP contribution in [-0.4, -0.2) is 50.5 Å². The quantitative estimate of drug-likeness (QED) is 0.810. The highest BCUT2D eigenvalue weighted by molar-refractivity contribution is 5.85. The molecule has 3 atom stereocenters. The molecule has 100 valence electrons. The Morgan fingerprint density at radius 1 is 1.67 bits per heavy atom. The molecule has 2 rings (SSSR count). The van der Waals surface area contributed by atoms with Crippen molar-refractivity contribution in [1.29, 1.82) is 0 Å². The highest BCUT2D eigenvalue weighted by Gasteiger charge is 2.43. The molecular formula is C10H14FN3O4. The number of nitrogens with zero attached hydrogens (tertiary/aromatic N) is 3. The van der Waals surface area contributed by atoms with E-state index in [2.05, 4.69) is 10.3 Å². The van der Waals surface area contributed by atoms with E-state index in [0.29, 0.717) is 0 Å². The summed E-state index contributed by atoms with van der Waals surface area (Å²) in [5, 5.41) is 16.7. The van der Waals surface area contributed by atoms with Crippen LogP contribution in [0.3, 0.4) is 0 Å². The first kappa shape index (κ1) is 13.1. The molecule has 0 saturated carbocycles. The summed E-state index contributed by atoms with van der Waals surface area (Å²) in [5.74, 6) is -1.55.